The molecule has 0 saturated carbocycles. The van der Waals surface area contributed by atoms with Crippen molar-refractivity contribution in [3.63, 3.8) is 0 Å². The van der Waals surface area contributed by atoms with E-state index in [1.807, 2.05) is 18.2 Å². The van der Waals surface area contributed by atoms with Gasteiger partial charge in [0.1, 0.15) is 4.60 Å². The highest BCUT2D eigenvalue weighted by Gasteiger charge is 2.03. The number of aliphatic hydroxyl groups excluding tert-OH is 1. The number of rotatable bonds is 3. The summed E-state index contributed by atoms with van der Waals surface area (Å²) in [5, 5.41) is 9.94. The number of hydrogen-bond donors (Lipinski definition) is 1. The predicted molar refractivity (Wildman–Crippen MR) is 64.8 cm³/mol. The molecule has 0 aliphatic rings. The lowest BCUT2D eigenvalue weighted by Gasteiger charge is -2.05. The molecule has 1 aromatic carbocycles. The smallest absolute Gasteiger partial charge is 0.110 e. The van der Waals surface area contributed by atoms with E-state index in [9.17, 15) is 0 Å². The van der Waals surface area contributed by atoms with Crippen molar-refractivity contribution in [1.29, 1.82) is 0 Å². The Morgan fingerprint density at radius 2 is 2.07 bits per heavy atom. The second-order valence-corrected chi connectivity index (χ2v) is 4.21. The molecule has 2 nitrogen and oxygen atoms in total. The summed E-state index contributed by atoms with van der Waals surface area (Å²) in [5.41, 5.74) is 2.15. The maximum Gasteiger partial charge on any atom is 0.110 e. The molecule has 1 N–H and O–H groups in total. The van der Waals surface area contributed by atoms with E-state index < -0.39 is 0 Å². The van der Waals surface area contributed by atoms with E-state index in [0.29, 0.717) is 0 Å². The Bertz CT molecular complexity index is 470. The van der Waals surface area contributed by atoms with E-state index in [-0.39, 0.29) is 6.61 Å². The number of nitrogens with zero attached hydrogens (tertiary/aromatic N) is 1. The first kappa shape index (κ1) is 10.6. The first-order valence-electron chi connectivity index (χ1n) is 4.96. The van der Waals surface area contributed by atoms with Crippen LogP contribution in [-0.4, -0.2) is 16.7 Å². The van der Waals surface area contributed by atoms with Gasteiger partial charge in [-0.3, -0.25) is 0 Å². The second-order valence-electron chi connectivity index (χ2n) is 3.46. The first-order chi connectivity index (χ1) is 7.31. The number of aliphatic hydroxyl groups is 1. The lowest BCUT2D eigenvalue weighted by Crippen LogP contribution is -1.93. The lowest BCUT2D eigenvalue weighted by molar-refractivity contribution is 0.288. The van der Waals surface area contributed by atoms with E-state index in [2.05, 4.69) is 33.0 Å². The third kappa shape index (κ3) is 2.36. The molecular weight excluding hydrogens is 254 g/mol. The van der Waals surface area contributed by atoms with Gasteiger partial charge in [-0.25, -0.2) is 4.98 Å². The van der Waals surface area contributed by atoms with Gasteiger partial charge in [-0.2, -0.15) is 0 Å². The first-order valence-corrected chi connectivity index (χ1v) is 5.75. The van der Waals surface area contributed by atoms with Crippen molar-refractivity contribution in [2.45, 2.75) is 12.8 Å². The van der Waals surface area contributed by atoms with Gasteiger partial charge in [-0.05, 0) is 46.5 Å². The highest BCUT2D eigenvalue weighted by atomic mass is 79.9. The van der Waals surface area contributed by atoms with E-state index in [1.54, 1.807) is 0 Å². The SMILES string of the molecule is OCCCc1cc2ccccc2nc1Br. The Balaban J connectivity index is 2.43. The quantitative estimate of drug-likeness (QED) is 0.866. The van der Waals surface area contributed by atoms with E-state index in [4.69, 9.17) is 5.11 Å². The van der Waals surface area contributed by atoms with Gasteiger partial charge in [0.15, 0.2) is 0 Å². The molecule has 0 fully saturated rings. The van der Waals surface area contributed by atoms with Crippen LogP contribution < -0.4 is 0 Å². The number of para-hydroxylation sites is 1. The summed E-state index contributed by atoms with van der Waals surface area (Å²) in [6.45, 7) is 0.221. The van der Waals surface area contributed by atoms with Crippen molar-refractivity contribution >= 4 is 26.8 Å². The summed E-state index contributed by atoms with van der Waals surface area (Å²) in [5.74, 6) is 0. The van der Waals surface area contributed by atoms with Crippen molar-refractivity contribution in [2.75, 3.05) is 6.61 Å². The Hall–Kier alpha value is -0.930. The Morgan fingerprint density at radius 1 is 1.27 bits per heavy atom. The topological polar surface area (TPSA) is 33.1 Å². The van der Waals surface area contributed by atoms with Crippen LogP contribution in [0.15, 0.2) is 34.9 Å². The maximum atomic E-state index is 8.80. The van der Waals surface area contributed by atoms with Gasteiger partial charge in [0.05, 0.1) is 5.52 Å². The molecule has 2 rings (SSSR count). The average Bonchev–Trinajstić information content (AvgIpc) is 2.26. The van der Waals surface area contributed by atoms with Gasteiger partial charge in [-0.15, -0.1) is 0 Å². The molecule has 2 aromatic rings. The summed E-state index contributed by atoms with van der Waals surface area (Å²) in [6, 6.07) is 10.2. The molecule has 0 spiro atoms. The monoisotopic (exact) mass is 265 g/mol. The number of benzene rings is 1. The van der Waals surface area contributed by atoms with Gasteiger partial charge in [-0.1, -0.05) is 18.2 Å². The summed E-state index contributed by atoms with van der Waals surface area (Å²) in [7, 11) is 0. The lowest BCUT2D eigenvalue weighted by atomic mass is 10.1. The fourth-order valence-electron chi connectivity index (χ4n) is 1.58. The van der Waals surface area contributed by atoms with E-state index in [0.717, 1.165) is 33.9 Å². The zero-order valence-electron chi connectivity index (χ0n) is 8.28. The molecule has 0 radical (unpaired) electrons. The third-order valence-electron chi connectivity index (χ3n) is 2.35. The molecule has 1 aromatic heterocycles. The van der Waals surface area contributed by atoms with Crippen molar-refractivity contribution in [2.24, 2.45) is 0 Å². The number of aryl methyl sites for hydroxylation is 1. The molecule has 0 aliphatic carbocycles. The molecular formula is C12H12BrNO. The van der Waals surface area contributed by atoms with Crippen LogP contribution in [0, 0.1) is 0 Å². The molecule has 0 saturated heterocycles. The number of hydrogen-bond acceptors (Lipinski definition) is 2. The van der Waals surface area contributed by atoms with Crippen molar-refractivity contribution < 1.29 is 5.11 Å². The minimum Gasteiger partial charge on any atom is -0.396 e. The van der Waals surface area contributed by atoms with Gasteiger partial charge in [0, 0.05) is 12.0 Å². The predicted octanol–water partition coefficient (Wildman–Crippen LogP) is 2.92. The standard InChI is InChI=1S/C12H12BrNO/c13-12-10(5-3-7-15)8-9-4-1-2-6-11(9)14-12/h1-2,4,6,8,15H,3,5,7H2. The zero-order chi connectivity index (χ0) is 10.7. The summed E-state index contributed by atoms with van der Waals surface area (Å²) in [6.07, 6.45) is 1.63. The molecule has 0 aliphatic heterocycles. The van der Waals surface area contributed by atoms with Gasteiger partial charge >= 0.3 is 0 Å². The van der Waals surface area contributed by atoms with Gasteiger partial charge < -0.3 is 5.11 Å². The molecule has 78 valence electrons. The van der Waals surface area contributed by atoms with Crippen LogP contribution in [-0.2, 0) is 6.42 Å². The molecule has 3 heteroatoms. The molecule has 0 amide bonds. The molecule has 0 unspecified atom stereocenters. The minimum atomic E-state index is 0.221. The zero-order valence-corrected chi connectivity index (χ0v) is 9.87. The van der Waals surface area contributed by atoms with Crippen LogP contribution in [0.3, 0.4) is 0 Å². The van der Waals surface area contributed by atoms with Crippen LogP contribution >= 0.6 is 15.9 Å². The molecule has 15 heavy (non-hydrogen) atoms. The van der Waals surface area contributed by atoms with Gasteiger partial charge in [0.2, 0.25) is 0 Å². The van der Waals surface area contributed by atoms with Crippen LogP contribution in [0.5, 0.6) is 0 Å². The fraction of sp³-hybridized carbons (Fsp3) is 0.250. The largest absolute Gasteiger partial charge is 0.396 e. The Kier molecular flexibility index (Phi) is 3.34. The normalized spacial score (nSPS) is 10.8. The summed E-state index contributed by atoms with van der Waals surface area (Å²) < 4.78 is 0.884. The highest BCUT2D eigenvalue weighted by Crippen LogP contribution is 2.21. The third-order valence-corrected chi connectivity index (χ3v) is 3.04. The maximum absolute atomic E-state index is 8.80. The van der Waals surface area contributed by atoms with Gasteiger partial charge in [0.25, 0.3) is 0 Å². The second kappa shape index (κ2) is 4.73. The molecule has 0 bridgehead atoms. The highest BCUT2D eigenvalue weighted by molar-refractivity contribution is 9.10. The summed E-state index contributed by atoms with van der Waals surface area (Å²) in [4.78, 5) is 4.46. The molecule has 1 heterocycles. The van der Waals surface area contributed by atoms with Crippen LogP contribution in [0.4, 0.5) is 0 Å². The number of fused-ring (bicyclic) bond motifs is 1. The van der Waals surface area contributed by atoms with Crippen molar-refractivity contribution in [3.8, 4) is 0 Å². The minimum absolute atomic E-state index is 0.221. The number of pyridine rings is 1. The van der Waals surface area contributed by atoms with Crippen LogP contribution in [0.1, 0.15) is 12.0 Å². The average molecular weight is 266 g/mol. The van der Waals surface area contributed by atoms with E-state index >= 15 is 0 Å². The Morgan fingerprint density at radius 3 is 2.87 bits per heavy atom. The fourth-order valence-corrected chi connectivity index (χ4v) is 2.08. The number of aromatic nitrogens is 1. The Labute approximate surface area is 97.1 Å². The van der Waals surface area contributed by atoms with Crippen LogP contribution in [0.25, 0.3) is 10.9 Å². The van der Waals surface area contributed by atoms with E-state index in [1.165, 1.54) is 0 Å². The van der Waals surface area contributed by atoms with Crippen LogP contribution in [0.2, 0.25) is 0 Å². The summed E-state index contributed by atoms with van der Waals surface area (Å²) >= 11 is 3.45. The van der Waals surface area contributed by atoms with Crippen molar-refractivity contribution in [1.82, 2.24) is 4.98 Å². The van der Waals surface area contributed by atoms with Crippen molar-refractivity contribution in [3.05, 3.63) is 40.5 Å². The molecule has 0 atom stereocenters. The number of halogens is 1.